The third-order valence-electron chi connectivity index (χ3n) is 2.37. The molecule has 2 heterocycles. The van der Waals surface area contributed by atoms with Crippen LogP contribution in [-0.4, -0.2) is 27.5 Å². The Hall–Kier alpha value is -0.970. The Bertz CT molecular complexity index is 300. The summed E-state index contributed by atoms with van der Waals surface area (Å²) in [6.07, 6.45) is 3.26. The van der Waals surface area contributed by atoms with E-state index in [1.165, 1.54) is 5.75 Å². The molecule has 0 aliphatic carbocycles. The molecule has 0 spiro atoms. The molecule has 1 aromatic heterocycles. The molecule has 2 rings (SSSR count). The Balaban J connectivity index is 2.00. The number of hydrogen-bond donors (Lipinski definition) is 2. The van der Waals surface area contributed by atoms with E-state index in [0.717, 1.165) is 11.6 Å². The van der Waals surface area contributed by atoms with E-state index >= 15 is 0 Å². The Morgan fingerprint density at radius 2 is 2.29 bits per heavy atom. The fourth-order valence-electron chi connectivity index (χ4n) is 1.45. The average molecular weight is 210 g/mol. The summed E-state index contributed by atoms with van der Waals surface area (Å²) >= 11 is 1.98. The quantitative estimate of drug-likeness (QED) is 0.768. The number of nitrogen functional groups attached to an aromatic ring is 1. The number of nitrogens with two attached hydrogens (primary N) is 1. The van der Waals surface area contributed by atoms with E-state index in [1.807, 2.05) is 11.8 Å². The van der Waals surface area contributed by atoms with Crippen molar-refractivity contribution in [3.8, 4) is 0 Å². The molecule has 0 radical (unpaired) electrons. The Labute approximate surface area is 87.7 Å². The largest absolute Gasteiger partial charge is 0.382 e. The summed E-state index contributed by atoms with van der Waals surface area (Å²) in [7, 11) is 0. The molecule has 1 aromatic rings. The first-order valence-electron chi connectivity index (χ1n) is 4.67. The molecule has 5 heteroatoms. The highest BCUT2D eigenvalue weighted by molar-refractivity contribution is 7.99. The fraction of sp³-hybridized carbons (Fsp3) is 0.556. The molecule has 76 valence electrons. The highest BCUT2D eigenvalue weighted by Gasteiger charge is 2.23. The smallest absolute Gasteiger partial charge is 0.144 e. The zero-order valence-electron chi connectivity index (χ0n) is 8.10. The van der Waals surface area contributed by atoms with E-state index in [1.54, 1.807) is 12.4 Å². The predicted octanol–water partition coefficient (Wildman–Crippen LogP) is 1.22. The van der Waals surface area contributed by atoms with Crippen LogP contribution < -0.4 is 11.1 Å². The van der Waals surface area contributed by atoms with Crippen molar-refractivity contribution in [2.45, 2.75) is 13.0 Å². The number of thioether (sulfide) groups is 1. The van der Waals surface area contributed by atoms with E-state index in [9.17, 15) is 0 Å². The van der Waals surface area contributed by atoms with Gasteiger partial charge in [-0.1, -0.05) is 6.92 Å². The molecular weight excluding hydrogens is 196 g/mol. The van der Waals surface area contributed by atoms with Crippen molar-refractivity contribution in [2.75, 3.05) is 22.6 Å². The van der Waals surface area contributed by atoms with Crippen molar-refractivity contribution >= 4 is 23.4 Å². The predicted molar refractivity (Wildman–Crippen MR) is 60.3 cm³/mol. The van der Waals surface area contributed by atoms with Gasteiger partial charge in [0.25, 0.3) is 0 Å². The van der Waals surface area contributed by atoms with E-state index in [2.05, 4.69) is 22.2 Å². The maximum absolute atomic E-state index is 5.46. The van der Waals surface area contributed by atoms with Gasteiger partial charge in [-0.15, -0.1) is 0 Å². The normalized spacial score (nSPS) is 26.4. The zero-order valence-corrected chi connectivity index (χ0v) is 8.92. The first kappa shape index (κ1) is 9.58. The highest BCUT2D eigenvalue weighted by Crippen LogP contribution is 2.25. The highest BCUT2D eigenvalue weighted by atomic mass is 32.2. The number of aromatic nitrogens is 2. The Morgan fingerprint density at radius 3 is 2.86 bits per heavy atom. The van der Waals surface area contributed by atoms with Crippen molar-refractivity contribution in [1.82, 2.24) is 9.97 Å². The lowest BCUT2D eigenvalue weighted by molar-refractivity contribution is 0.597. The van der Waals surface area contributed by atoms with Gasteiger partial charge in [0.05, 0.1) is 12.4 Å². The number of nitrogens with zero attached hydrogens (tertiary/aromatic N) is 2. The Kier molecular flexibility index (Phi) is 2.77. The van der Waals surface area contributed by atoms with Crippen LogP contribution in [0.15, 0.2) is 12.4 Å². The van der Waals surface area contributed by atoms with Gasteiger partial charge in [0, 0.05) is 11.8 Å². The van der Waals surface area contributed by atoms with Crippen LogP contribution in [0.2, 0.25) is 0 Å². The third-order valence-corrected chi connectivity index (χ3v) is 3.73. The zero-order chi connectivity index (χ0) is 9.97. The van der Waals surface area contributed by atoms with Crippen LogP contribution in [0.5, 0.6) is 0 Å². The molecule has 1 fully saturated rings. The third kappa shape index (κ3) is 2.09. The van der Waals surface area contributed by atoms with E-state index in [4.69, 9.17) is 5.73 Å². The second-order valence-corrected chi connectivity index (χ2v) is 4.67. The van der Waals surface area contributed by atoms with Crippen LogP contribution in [-0.2, 0) is 0 Å². The number of hydrogen-bond acceptors (Lipinski definition) is 5. The molecule has 3 N–H and O–H groups in total. The SMILES string of the molecule is CC1CSCC1Nc1cnc(N)cn1. The number of nitrogens with one attached hydrogen (secondary N) is 1. The summed E-state index contributed by atoms with van der Waals surface area (Å²) in [4.78, 5) is 8.16. The van der Waals surface area contributed by atoms with E-state index in [-0.39, 0.29) is 0 Å². The molecule has 1 aliphatic heterocycles. The molecule has 14 heavy (non-hydrogen) atoms. The summed E-state index contributed by atoms with van der Waals surface area (Å²) in [6, 6.07) is 0.512. The van der Waals surface area contributed by atoms with Crippen LogP contribution in [0.25, 0.3) is 0 Å². The average Bonchev–Trinajstić information content (AvgIpc) is 2.56. The molecule has 0 bridgehead atoms. The summed E-state index contributed by atoms with van der Waals surface area (Å²) in [5, 5.41) is 3.37. The van der Waals surface area contributed by atoms with Crippen molar-refractivity contribution in [3.63, 3.8) is 0 Å². The fourth-order valence-corrected chi connectivity index (χ4v) is 2.85. The second-order valence-electron chi connectivity index (χ2n) is 3.59. The molecule has 2 unspecified atom stereocenters. The van der Waals surface area contributed by atoms with Gasteiger partial charge in [-0.25, -0.2) is 9.97 Å². The van der Waals surface area contributed by atoms with Crippen LogP contribution in [0.4, 0.5) is 11.6 Å². The maximum atomic E-state index is 5.46. The number of anilines is 2. The minimum atomic E-state index is 0.462. The van der Waals surface area contributed by atoms with Crippen LogP contribution >= 0.6 is 11.8 Å². The lowest BCUT2D eigenvalue weighted by atomic mass is 10.1. The monoisotopic (exact) mass is 210 g/mol. The van der Waals surface area contributed by atoms with Crippen molar-refractivity contribution in [2.24, 2.45) is 5.92 Å². The molecule has 0 saturated carbocycles. The first-order valence-corrected chi connectivity index (χ1v) is 5.83. The summed E-state index contributed by atoms with van der Waals surface area (Å²) in [5.74, 6) is 4.34. The topological polar surface area (TPSA) is 63.8 Å². The minimum Gasteiger partial charge on any atom is -0.382 e. The van der Waals surface area contributed by atoms with Gasteiger partial charge < -0.3 is 11.1 Å². The van der Waals surface area contributed by atoms with Gasteiger partial charge >= 0.3 is 0 Å². The first-order chi connectivity index (χ1) is 6.75. The van der Waals surface area contributed by atoms with Crippen LogP contribution in [0.1, 0.15) is 6.92 Å². The van der Waals surface area contributed by atoms with Gasteiger partial charge in [0.15, 0.2) is 0 Å². The van der Waals surface area contributed by atoms with Gasteiger partial charge in [-0.05, 0) is 11.7 Å². The van der Waals surface area contributed by atoms with Gasteiger partial charge in [0.2, 0.25) is 0 Å². The molecule has 0 amide bonds. The van der Waals surface area contributed by atoms with Crippen LogP contribution in [0.3, 0.4) is 0 Å². The molecule has 1 aliphatic rings. The van der Waals surface area contributed by atoms with Crippen molar-refractivity contribution < 1.29 is 0 Å². The minimum absolute atomic E-state index is 0.462. The van der Waals surface area contributed by atoms with Crippen molar-refractivity contribution in [1.29, 1.82) is 0 Å². The lowest BCUT2D eigenvalue weighted by Crippen LogP contribution is -2.26. The molecule has 2 atom stereocenters. The summed E-state index contributed by atoms with van der Waals surface area (Å²) < 4.78 is 0. The van der Waals surface area contributed by atoms with Gasteiger partial charge in [-0.2, -0.15) is 11.8 Å². The summed E-state index contributed by atoms with van der Waals surface area (Å²) in [5.41, 5.74) is 5.46. The van der Waals surface area contributed by atoms with Gasteiger partial charge in [0.1, 0.15) is 11.6 Å². The van der Waals surface area contributed by atoms with Gasteiger partial charge in [-0.3, -0.25) is 0 Å². The van der Waals surface area contributed by atoms with E-state index in [0.29, 0.717) is 17.8 Å². The maximum Gasteiger partial charge on any atom is 0.144 e. The van der Waals surface area contributed by atoms with Crippen LogP contribution in [0, 0.1) is 5.92 Å². The molecule has 4 nitrogen and oxygen atoms in total. The Morgan fingerprint density at radius 1 is 1.43 bits per heavy atom. The second kappa shape index (κ2) is 4.04. The number of rotatable bonds is 2. The summed E-state index contributed by atoms with van der Waals surface area (Å²) in [6.45, 7) is 2.25. The standard InChI is InChI=1S/C9H14N4S/c1-6-4-14-5-7(6)13-9-3-11-8(10)2-12-9/h2-3,6-7H,4-5H2,1H3,(H2,10,11)(H,12,13). The molecule has 1 saturated heterocycles. The van der Waals surface area contributed by atoms with Crippen molar-refractivity contribution in [3.05, 3.63) is 12.4 Å². The lowest BCUT2D eigenvalue weighted by Gasteiger charge is -2.16. The molecule has 0 aromatic carbocycles. The van der Waals surface area contributed by atoms with E-state index < -0.39 is 0 Å². The molecular formula is C9H14N4S.